The van der Waals surface area contributed by atoms with Crippen LogP contribution in [0.2, 0.25) is 0 Å². The number of methoxy groups -OCH3 is 1. The summed E-state index contributed by atoms with van der Waals surface area (Å²) in [5.41, 5.74) is 8.81. The van der Waals surface area contributed by atoms with Crippen LogP contribution in [0.1, 0.15) is 36.9 Å². The van der Waals surface area contributed by atoms with Gasteiger partial charge in [-0.1, -0.05) is 12.1 Å². The lowest BCUT2D eigenvalue weighted by atomic mass is 9.78. The normalized spacial score (nSPS) is 20.5. The Kier molecular flexibility index (Phi) is 5.44. The molecule has 0 bridgehead atoms. The fraction of sp³-hybridized carbons (Fsp3) is 0.562. The van der Waals surface area contributed by atoms with E-state index < -0.39 is 0 Å². The fourth-order valence-corrected chi connectivity index (χ4v) is 2.99. The van der Waals surface area contributed by atoms with Crippen LogP contribution in [0.5, 0.6) is 5.75 Å². The van der Waals surface area contributed by atoms with Crippen molar-refractivity contribution in [3.05, 3.63) is 29.3 Å². The molecule has 2 rings (SSSR count). The number of hydrogen-bond acceptors (Lipinski definition) is 4. The van der Waals surface area contributed by atoms with Gasteiger partial charge in [-0.05, 0) is 43.7 Å². The second kappa shape index (κ2) is 7.31. The summed E-state index contributed by atoms with van der Waals surface area (Å²) < 4.78 is 10.3. The van der Waals surface area contributed by atoms with Crippen LogP contribution in [0.25, 0.3) is 0 Å². The summed E-state index contributed by atoms with van der Waals surface area (Å²) in [6.45, 7) is 2.76. The third kappa shape index (κ3) is 3.67. The first-order chi connectivity index (χ1) is 10.2. The number of ether oxygens (including phenoxy) is 2. The average Bonchev–Trinajstić information content (AvgIpc) is 2.49. The first-order valence-corrected chi connectivity index (χ1v) is 7.49. The third-order valence-electron chi connectivity index (χ3n) is 4.06. The SMILES string of the molecule is CCOC(=O)NCCC1CCc2cccc(OC)c2C1N. The minimum Gasteiger partial charge on any atom is -0.496 e. The smallest absolute Gasteiger partial charge is 0.407 e. The number of alkyl carbamates (subject to hydrolysis) is 1. The standard InChI is InChI=1S/C16H24N2O3/c1-3-21-16(19)18-10-9-12-8-7-11-5-4-6-13(20-2)14(11)15(12)17/h4-6,12,15H,3,7-10,17H2,1-2H3,(H,18,19). The Labute approximate surface area is 125 Å². The van der Waals surface area contributed by atoms with Crippen LogP contribution in [0.3, 0.4) is 0 Å². The highest BCUT2D eigenvalue weighted by molar-refractivity contribution is 5.66. The first kappa shape index (κ1) is 15.6. The zero-order chi connectivity index (χ0) is 15.2. The Balaban J connectivity index is 1.97. The predicted molar refractivity (Wildman–Crippen MR) is 81.4 cm³/mol. The van der Waals surface area contributed by atoms with Gasteiger partial charge in [0.1, 0.15) is 5.75 Å². The number of carbonyl (C=O) groups excluding carboxylic acids is 1. The lowest BCUT2D eigenvalue weighted by Gasteiger charge is -2.32. The molecule has 0 saturated carbocycles. The minimum absolute atomic E-state index is 0.0473. The molecule has 3 N–H and O–H groups in total. The predicted octanol–water partition coefficient (Wildman–Crippen LogP) is 2.39. The van der Waals surface area contributed by atoms with E-state index in [1.165, 1.54) is 5.56 Å². The molecule has 5 nitrogen and oxygen atoms in total. The number of benzene rings is 1. The largest absolute Gasteiger partial charge is 0.496 e. The van der Waals surface area contributed by atoms with Crippen molar-refractivity contribution < 1.29 is 14.3 Å². The van der Waals surface area contributed by atoms with E-state index >= 15 is 0 Å². The average molecular weight is 292 g/mol. The van der Waals surface area contributed by atoms with Crippen molar-refractivity contribution in [2.75, 3.05) is 20.3 Å². The summed E-state index contributed by atoms with van der Waals surface area (Å²) in [6.07, 6.45) is 2.52. The van der Waals surface area contributed by atoms with Crippen molar-refractivity contribution in [3.8, 4) is 5.75 Å². The highest BCUT2D eigenvalue weighted by Gasteiger charge is 2.29. The van der Waals surface area contributed by atoms with Gasteiger partial charge in [0.25, 0.3) is 0 Å². The lowest BCUT2D eigenvalue weighted by molar-refractivity contribution is 0.151. The number of aryl methyl sites for hydroxylation is 1. The van der Waals surface area contributed by atoms with Gasteiger partial charge in [0, 0.05) is 18.2 Å². The number of hydrogen-bond donors (Lipinski definition) is 2. The Morgan fingerprint density at radius 3 is 3.00 bits per heavy atom. The number of amides is 1. The van der Waals surface area contributed by atoms with E-state index in [9.17, 15) is 4.79 Å². The zero-order valence-electron chi connectivity index (χ0n) is 12.7. The van der Waals surface area contributed by atoms with Crippen molar-refractivity contribution in [2.24, 2.45) is 11.7 Å². The van der Waals surface area contributed by atoms with Gasteiger partial charge < -0.3 is 20.5 Å². The molecule has 0 fully saturated rings. The van der Waals surface area contributed by atoms with Crippen LogP contribution in [0, 0.1) is 5.92 Å². The molecule has 1 aromatic rings. The number of carbonyl (C=O) groups is 1. The van der Waals surface area contributed by atoms with Gasteiger partial charge in [0.05, 0.1) is 13.7 Å². The van der Waals surface area contributed by atoms with E-state index in [2.05, 4.69) is 11.4 Å². The van der Waals surface area contributed by atoms with E-state index in [0.717, 1.165) is 30.6 Å². The van der Waals surface area contributed by atoms with E-state index in [4.69, 9.17) is 15.2 Å². The van der Waals surface area contributed by atoms with Crippen molar-refractivity contribution in [1.82, 2.24) is 5.32 Å². The van der Waals surface area contributed by atoms with Gasteiger partial charge in [-0.25, -0.2) is 4.79 Å². The molecule has 0 aromatic heterocycles. The van der Waals surface area contributed by atoms with E-state index in [-0.39, 0.29) is 12.1 Å². The van der Waals surface area contributed by atoms with Gasteiger partial charge in [-0.15, -0.1) is 0 Å². The fourth-order valence-electron chi connectivity index (χ4n) is 2.99. The van der Waals surface area contributed by atoms with Crippen LogP contribution in [0.15, 0.2) is 18.2 Å². The van der Waals surface area contributed by atoms with Crippen molar-refractivity contribution in [2.45, 2.75) is 32.2 Å². The van der Waals surface area contributed by atoms with Crippen LogP contribution in [-0.4, -0.2) is 26.4 Å². The molecule has 1 aliphatic carbocycles. The summed E-state index contributed by atoms with van der Waals surface area (Å²) in [6, 6.07) is 6.03. The Bertz CT molecular complexity index is 476. The van der Waals surface area contributed by atoms with Crippen molar-refractivity contribution in [1.29, 1.82) is 0 Å². The van der Waals surface area contributed by atoms with Crippen molar-refractivity contribution >= 4 is 6.09 Å². The van der Waals surface area contributed by atoms with Crippen LogP contribution >= 0.6 is 0 Å². The maximum absolute atomic E-state index is 11.3. The van der Waals surface area contributed by atoms with Gasteiger partial charge in [-0.3, -0.25) is 0 Å². The first-order valence-electron chi connectivity index (χ1n) is 7.49. The van der Waals surface area contributed by atoms with Crippen LogP contribution < -0.4 is 15.8 Å². The number of rotatable bonds is 5. The van der Waals surface area contributed by atoms with Gasteiger partial charge in [0.15, 0.2) is 0 Å². The molecular formula is C16H24N2O3. The van der Waals surface area contributed by atoms with E-state index in [1.807, 2.05) is 12.1 Å². The number of nitrogens with one attached hydrogen (secondary N) is 1. The molecule has 0 spiro atoms. The maximum atomic E-state index is 11.3. The molecule has 5 heteroatoms. The summed E-state index contributed by atoms with van der Waals surface area (Å²) in [7, 11) is 1.67. The topological polar surface area (TPSA) is 73.6 Å². The van der Waals surface area contributed by atoms with Crippen LogP contribution in [-0.2, 0) is 11.2 Å². The van der Waals surface area contributed by atoms with Crippen LogP contribution in [0.4, 0.5) is 4.79 Å². The quantitative estimate of drug-likeness (QED) is 0.874. The lowest BCUT2D eigenvalue weighted by Crippen LogP contribution is -2.32. The highest BCUT2D eigenvalue weighted by Crippen LogP contribution is 2.39. The summed E-state index contributed by atoms with van der Waals surface area (Å²) in [5, 5.41) is 2.76. The molecule has 116 valence electrons. The molecule has 0 aliphatic heterocycles. The monoisotopic (exact) mass is 292 g/mol. The molecular weight excluding hydrogens is 268 g/mol. The molecule has 1 amide bonds. The molecule has 0 heterocycles. The van der Waals surface area contributed by atoms with Gasteiger partial charge >= 0.3 is 6.09 Å². The summed E-state index contributed by atoms with van der Waals surface area (Å²) in [5.74, 6) is 1.21. The second-order valence-electron chi connectivity index (χ2n) is 5.29. The summed E-state index contributed by atoms with van der Waals surface area (Å²) in [4.78, 5) is 11.3. The molecule has 2 atom stereocenters. The molecule has 2 unspecified atom stereocenters. The number of fused-ring (bicyclic) bond motifs is 1. The zero-order valence-corrected chi connectivity index (χ0v) is 12.7. The number of nitrogens with two attached hydrogens (primary N) is 1. The minimum atomic E-state index is -0.361. The molecule has 1 aliphatic rings. The van der Waals surface area contributed by atoms with Gasteiger partial charge in [0.2, 0.25) is 0 Å². The third-order valence-corrected chi connectivity index (χ3v) is 4.06. The maximum Gasteiger partial charge on any atom is 0.407 e. The Hall–Kier alpha value is -1.75. The Morgan fingerprint density at radius 1 is 1.48 bits per heavy atom. The molecule has 1 aromatic carbocycles. The van der Waals surface area contributed by atoms with E-state index in [0.29, 0.717) is 19.1 Å². The molecule has 21 heavy (non-hydrogen) atoms. The van der Waals surface area contributed by atoms with E-state index in [1.54, 1.807) is 14.0 Å². The molecule has 0 saturated heterocycles. The van der Waals surface area contributed by atoms with Crippen molar-refractivity contribution in [3.63, 3.8) is 0 Å². The molecule has 0 radical (unpaired) electrons. The summed E-state index contributed by atoms with van der Waals surface area (Å²) >= 11 is 0. The van der Waals surface area contributed by atoms with Gasteiger partial charge in [-0.2, -0.15) is 0 Å². The second-order valence-corrected chi connectivity index (χ2v) is 5.29. The Morgan fingerprint density at radius 2 is 2.29 bits per heavy atom. The highest BCUT2D eigenvalue weighted by atomic mass is 16.5.